The summed E-state index contributed by atoms with van der Waals surface area (Å²) in [6, 6.07) is 17.8. The van der Waals surface area contributed by atoms with Crippen molar-refractivity contribution in [1.29, 1.82) is 0 Å². The molecule has 0 aliphatic carbocycles. The van der Waals surface area contributed by atoms with Gasteiger partial charge in [0.2, 0.25) is 0 Å². The molecular weight excluding hydrogens is 250 g/mol. The minimum Gasteiger partial charge on any atom is -0.489 e. The minimum absolute atomic E-state index is 0.103. The van der Waals surface area contributed by atoms with Crippen LogP contribution in [0.5, 0.6) is 5.75 Å². The van der Waals surface area contributed by atoms with Crippen LogP contribution in [-0.2, 0) is 6.61 Å². The second-order valence-electron chi connectivity index (χ2n) is 4.78. The molecule has 0 amide bonds. The van der Waals surface area contributed by atoms with Crippen LogP contribution in [0.25, 0.3) is 0 Å². The highest BCUT2D eigenvalue weighted by atomic mass is 16.5. The number of ether oxygens (including phenoxy) is 1. The van der Waals surface area contributed by atoms with Crippen LogP contribution in [0, 0.1) is 0 Å². The van der Waals surface area contributed by atoms with Crippen LogP contribution in [0.1, 0.15) is 30.0 Å². The summed E-state index contributed by atoms with van der Waals surface area (Å²) < 4.78 is 5.88. The molecule has 3 N–H and O–H groups in total. The molecular formula is C17H21NO2. The van der Waals surface area contributed by atoms with E-state index in [1.54, 1.807) is 0 Å². The molecule has 3 nitrogen and oxygen atoms in total. The first-order valence-corrected chi connectivity index (χ1v) is 6.93. The molecule has 2 aromatic rings. The first-order chi connectivity index (χ1) is 9.81. The highest BCUT2D eigenvalue weighted by Crippen LogP contribution is 2.27. The van der Waals surface area contributed by atoms with Gasteiger partial charge in [-0.3, -0.25) is 0 Å². The number of rotatable bonds is 7. The SMILES string of the molecule is N[C@@H](CCCO)c1ccccc1OCc1ccccc1. The summed E-state index contributed by atoms with van der Waals surface area (Å²) in [5.74, 6) is 0.821. The van der Waals surface area contributed by atoms with Crippen molar-refractivity contribution in [3.05, 3.63) is 65.7 Å². The van der Waals surface area contributed by atoms with E-state index >= 15 is 0 Å². The first-order valence-electron chi connectivity index (χ1n) is 6.93. The van der Waals surface area contributed by atoms with Crippen molar-refractivity contribution in [1.82, 2.24) is 0 Å². The number of benzene rings is 2. The fraction of sp³-hybridized carbons (Fsp3) is 0.294. The molecule has 0 aliphatic rings. The second kappa shape index (κ2) is 7.68. The molecule has 2 rings (SSSR count). The van der Waals surface area contributed by atoms with Gasteiger partial charge in [0.1, 0.15) is 12.4 Å². The largest absolute Gasteiger partial charge is 0.489 e. The zero-order chi connectivity index (χ0) is 14.2. The summed E-state index contributed by atoms with van der Waals surface area (Å²) in [6.45, 7) is 0.700. The van der Waals surface area contributed by atoms with Gasteiger partial charge in [-0.1, -0.05) is 48.5 Å². The molecule has 2 aromatic carbocycles. The lowest BCUT2D eigenvalue weighted by Crippen LogP contribution is -2.12. The Kier molecular flexibility index (Phi) is 5.59. The lowest BCUT2D eigenvalue weighted by Gasteiger charge is -2.16. The van der Waals surface area contributed by atoms with E-state index < -0.39 is 0 Å². The molecule has 0 bridgehead atoms. The molecule has 0 heterocycles. The smallest absolute Gasteiger partial charge is 0.124 e. The highest BCUT2D eigenvalue weighted by molar-refractivity contribution is 5.36. The van der Waals surface area contributed by atoms with Crippen molar-refractivity contribution in [2.24, 2.45) is 5.73 Å². The van der Waals surface area contributed by atoms with Gasteiger partial charge in [-0.25, -0.2) is 0 Å². The third kappa shape index (κ3) is 4.08. The van der Waals surface area contributed by atoms with Gasteiger partial charge in [-0.15, -0.1) is 0 Å². The van der Waals surface area contributed by atoms with Crippen molar-refractivity contribution in [3.8, 4) is 5.75 Å². The van der Waals surface area contributed by atoms with E-state index in [2.05, 4.69) is 0 Å². The molecule has 0 radical (unpaired) electrons. The molecule has 0 saturated heterocycles. The van der Waals surface area contributed by atoms with Gasteiger partial charge in [0, 0.05) is 18.2 Å². The molecule has 20 heavy (non-hydrogen) atoms. The maximum atomic E-state index is 8.90. The van der Waals surface area contributed by atoms with Crippen LogP contribution in [0.4, 0.5) is 0 Å². The molecule has 0 unspecified atom stereocenters. The first kappa shape index (κ1) is 14.6. The predicted octanol–water partition coefficient (Wildman–Crippen LogP) is 3.04. The second-order valence-corrected chi connectivity index (χ2v) is 4.78. The molecule has 1 atom stereocenters. The van der Waals surface area contributed by atoms with E-state index in [0.29, 0.717) is 13.0 Å². The Balaban J connectivity index is 2.04. The van der Waals surface area contributed by atoms with Crippen molar-refractivity contribution in [3.63, 3.8) is 0 Å². The monoisotopic (exact) mass is 271 g/mol. The Morgan fingerprint density at radius 1 is 1.00 bits per heavy atom. The summed E-state index contributed by atoms with van der Waals surface area (Å²) in [5, 5.41) is 8.90. The average Bonchev–Trinajstić information content (AvgIpc) is 2.52. The molecule has 0 spiro atoms. The maximum Gasteiger partial charge on any atom is 0.124 e. The predicted molar refractivity (Wildman–Crippen MR) is 80.5 cm³/mol. The normalized spacial score (nSPS) is 12.1. The molecule has 106 valence electrons. The van der Waals surface area contributed by atoms with Crippen LogP contribution >= 0.6 is 0 Å². The van der Waals surface area contributed by atoms with E-state index in [0.717, 1.165) is 23.3 Å². The lowest BCUT2D eigenvalue weighted by molar-refractivity contribution is 0.276. The summed E-state index contributed by atoms with van der Waals surface area (Å²) in [4.78, 5) is 0. The molecule has 0 aliphatic heterocycles. The number of hydrogen-bond donors (Lipinski definition) is 2. The minimum atomic E-state index is -0.103. The zero-order valence-electron chi connectivity index (χ0n) is 11.5. The van der Waals surface area contributed by atoms with Crippen LogP contribution in [0.2, 0.25) is 0 Å². The van der Waals surface area contributed by atoms with Gasteiger partial charge in [0.15, 0.2) is 0 Å². The van der Waals surface area contributed by atoms with Crippen molar-refractivity contribution >= 4 is 0 Å². The third-order valence-electron chi connectivity index (χ3n) is 3.23. The van der Waals surface area contributed by atoms with Crippen LogP contribution in [0.15, 0.2) is 54.6 Å². The Labute approximate surface area is 120 Å². The Morgan fingerprint density at radius 2 is 1.70 bits per heavy atom. The Bertz CT molecular complexity index is 513. The van der Waals surface area contributed by atoms with Gasteiger partial charge in [0.05, 0.1) is 0 Å². The van der Waals surface area contributed by atoms with Gasteiger partial charge >= 0.3 is 0 Å². The van der Waals surface area contributed by atoms with Gasteiger partial charge in [-0.2, -0.15) is 0 Å². The van der Waals surface area contributed by atoms with Gasteiger partial charge in [-0.05, 0) is 24.5 Å². The van der Waals surface area contributed by atoms with Crippen LogP contribution in [0.3, 0.4) is 0 Å². The van der Waals surface area contributed by atoms with Gasteiger partial charge in [0.25, 0.3) is 0 Å². The van der Waals surface area contributed by atoms with Gasteiger partial charge < -0.3 is 15.6 Å². The standard InChI is InChI=1S/C17H21NO2/c18-16(10-6-12-19)15-9-4-5-11-17(15)20-13-14-7-2-1-3-8-14/h1-5,7-9,11,16,19H,6,10,12-13,18H2/t16-/m0/s1. The number of aliphatic hydroxyl groups excluding tert-OH is 1. The molecule has 0 aromatic heterocycles. The summed E-state index contributed by atoms with van der Waals surface area (Å²) in [7, 11) is 0. The van der Waals surface area contributed by atoms with Crippen molar-refractivity contribution < 1.29 is 9.84 Å². The quantitative estimate of drug-likeness (QED) is 0.814. The van der Waals surface area contributed by atoms with E-state index in [-0.39, 0.29) is 12.6 Å². The summed E-state index contributed by atoms with van der Waals surface area (Å²) >= 11 is 0. The third-order valence-corrected chi connectivity index (χ3v) is 3.23. The highest BCUT2D eigenvalue weighted by Gasteiger charge is 2.11. The van der Waals surface area contributed by atoms with Crippen LogP contribution < -0.4 is 10.5 Å². The fourth-order valence-corrected chi connectivity index (χ4v) is 2.12. The zero-order valence-corrected chi connectivity index (χ0v) is 11.5. The van der Waals surface area contributed by atoms with Crippen molar-refractivity contribution in [2.45, 2.75) is 25.5 Å². The maximum absolute atomic E-state index is 8.90. The van der Waals surface area contributed by atoms with E-state index in [9.17, 15) is 0 Å². The van der Waals surface area contributed by atoms with E-state index in [4.69, 9.17) is 15.6 Å². The molecule has 0 saturated carbocycles. The average molecular weight is 271 g/mol. The Hall–Kier alpha value is -1.84. The summed E-state index contributed by atoms with van der Waals surface area (Å²) in [6.07, 6.45) is 1.45. The number of hydrogen-bond acceptors (Lipinski definition) is 3. The van der Waals surface area contributed by atoms with Crippen LogP contribution in [-0.4, -0.2) is 11.7 Å². The summed E-state index contributed by atoms with van der Waals surface area (Å²) in [5.41, 5.74) is 8.29. The number of aliphatic hydroxyl groups is 1. The van der Waals surface area contributed by atoms with E-state index in [1.165, 1.54) is 0 Å². The fourth-order valence-electron chi connectivity index (χ4n) is 2.12. The Morgan fingerprint density at radius 3 is 2.45 bits per heavy atom. The number of para-hydroxylation sites is 1. The molecule has 0 fully saturated rings. The topological polar surface area (TPSA) is 55.5 Å². The molecule has 3 heteroatoms. The lowest BCUT2D eigenvalue weighted by atomic mass is 10.0. The van der Waals surface area contributed by atoms with E-state index in [1.807, 2.05) is 54.6 Å². The van der Waals surface area contributed by atoms with Crippen molar-refractivity contribution in [2.75, 3.05) is 6.61 Å². The number of nitrogens with two attached hydrogens (primary N) is 1.